The zero-order valence-electron chi connectivity index (χ0n) is 14.0. The smallest absolute Gasteiger partial charge is 0.335 e. The van der Waals surface area contributed by atoms with Gasteiger partial charge in [-0.3, -0.25) is 9.97 Å². The van der Waals surface area contributed by atoms with E-state index in [4.69, 9.17) is 5.11 Å². The lowest BCUT2D eigenvalue weighted by molar-refractivity contribution is 0.0697. The molecule has 0 amide bonds. The van der Waals surface area contributed by atoms with Gasteiger partial charge in [0.15, 0.2) is 0 Å². The van der Waals surface area contributed by atoms with E-state index < -0.39 is 5.97 Å². The molecule has 0 saturated carbocycles. The molecular weight excluding hydrogens is 330 g/mol. The molecule has 0 saturated heterocycles. The van der Waals surface area contributed by atoms with Crippen molar-refractivity contribution in [3.63, 3.8) is 0 Å². The zero-order chi connectivity index (χ0) is 17.9. The fourth-order valence-corrected chi connectivity index (χ4v) is 3.04. The number of carbonyl (C=O) groups is 1. The van der Waals surface area contributed by atoms with Crippen LogP contribution in [0.5, 0.6) is 0 Å². The minimum atomic E-state index is -0.995. The van der Waals surface area contributed by atoms with Crippen molar-refractivity contribution in [2.24, 2.45) is 0 Å². The van der Waals surface area contributed by atoms with Crippen LogP contribution in [0.1, 0.15) is 33.6 Å². The fourth-order valence-electron chi connectivity index (χ4n) is 3.04. The van der Waals surface area contributed by atoms with Gasteiger partial charge in [-0.2, -0.15) is 0 Å². The minimum Gasteiger partial charge on any atom is -0.478 e. The number of fused-ring (bicyclic) bond motifs is 1. The second kappa shape index (κ2) is 6.87. The maximum Gasteiger partial charge on any atom is 0.335 e. The maximum atomic E-state index is 11.1. The van der Waals surface area contributed by atoms with Gasteiger partial charge in [0, 0.05) is 30.8 Å². The van der Waals surface area contributed by atoms with Crippen LogP contribution in [0.25, 0.3) is 11.4 Å². The molecule has 3 aromatic heterocycles. The van der Waals surface area contributed by atoms with Crippen LogP contribution >= 0.6 is 0 Å². The summed E-state index contributed by atoms with van der Waals surface area (Å²) in [5.41, 5.74) is 4.86. The van der Waals surface area contributed by atoms with Crippen LogP contribution in [0, 0.1) is 0 Å². The molecule has 0 spiro atoms. The highest BCUT2D eigenvalue weighted by molar-refractivity contribution is 5.88. The molecule has 1 aliphatic carbocycles. The lowest BCUT2D eigenvalue weighted by Gasteiger charge is -2.08. The Hall–Kier alpha value is -3.35. The van der Waals surface area contributed by atoms with Gasteiger partial charge >= 0.3 is 5.97 Å². The summed E-state index contributed by atoms with van der Waals surface area (Å²) in [6, 6.07) is 6.84. The predicted molar refractivity (Wildman–Crippen MR) is 95.8 cm³/mol. The number of nitrogens with one attached hydrogen (secondary N) is 1. The second-order valence-corrected chi connectivity index (χ2v) is 6.16. The van der Waals surface area contributed by atoms with Crippen LogP contribution in [0.4, 0.5) is 5.95 Å². The number of pyridine rings is 2. The number of carboxylic acids is 1. The van der Waals surface area contributed by atoms with Gasteiger partial charge in [0.25, 0.3) is 0 Å². The Bertz CT molecular complexity index is 974. The molecule has 130 valence electrons. The number of aromatic nitrogens is 4. The first-order valence-electron chi connectivity index (χ1n) is 8.42. The third kappa shape index (κ3) is 3.37. The van der Waals surface area contributed by atoms with Gasteiger partial charge < -0.3 is 10.4 Å². The Morgan fingerprint density at radius 3 is 2.85 bits per heavy atom. The average Bonchev–Trinajstić information content (AvgIpc) is 3.14. The largest absolute Gasteiger partial charge is 0.478 e. The quantitative estimate of drug-likeness (QED) is 0.732. The molecule has 7 heteroatoms. The van der Waals surface area contributed by atoms with E-state index in [1.165, 1.54) is 36.0 Å². The van der Waals surface area contributed by atoms with Crippen molar-refractivity contribution in [1.82, 2.24) is 19.9 Å². The van der Waals surface area contributed by atoms with Gasteiger partial charge in [-0.25, -0.2) is 14.8 Å². The van der Waals surface area contributed by atoms with Crippen LogP contribution in [0.15, 0.2) is 42.9 Å². The number of hydrogen-bond donors (Lipinski definition) is 2. The number of rotatable bonds is 5. The first-order valence-corrected chi connectivity index (χ1v) is 8.42. The Labute approximate surface area is 150 Å². The third-order valence-corrected chi connectivity index (χ3v) is 4.35. The molecule has 1 aliphatic rings. The van der Waals surface area contributed by atoms with E-state index in [0.29, 0.717) is 23.9 Å². The highest BCUT2D eigenvalue weighted by Gasteiger charge is 2.12. The summed E-state index contributed by atoms with van der Waals surface area (Å²) in [4.78, 5) is 28.5. The molecule has 26 heavy (non-hydrogen) atoms. The van der Waals surface area contributed by atoms with Crippen molar-refractivity contribution in [3.8, 4) is 11.4 Å². The van der Waals surface area contributed by atoms with Crippen molar-refractivity contribution in [3.05, 3.63) is 65.2 Å². The van der Waals surface area contributed by atoms with E-state index >= 15 is 0 Å². The summed E-state index contributed by atoms with van der Waals surface area (Å²) in [6.07, 6.45) is 8.31. The number of anilines is 1. The van der Waals surface area contributed by atoms with E-state index in [-0.39, 0.29) is 5.56 Å². The van der Waals surface area contributed by atoms with Crippen molar-refractivity contribution >= 4 is 11.9 Å². The molecule has 0 fully saturated rings. The number of aromatic carboxylic acids is 1. The van der Waals surface area contributed by atoms with Crippen molar-refractivity contribution in [1.29, 1.82) is 0 Å². The lowest BCUT2D eigenvalue weighted by Crippen LogP contribution is -2.05. The van der Waals surface area contributed by atoms with Gasteiger partial charge in [0.2, 0.25) is 5.95 Å². The van der Waals surface area contributed by atoms with Crippen LogP contribution in [0.2, 0.25) is 0 Å². The molecule has 3 heterocycles. The number of aryl methyl sites for hydroxylation is 2. The molecule has 0 atom stereocenters. The summed E-state index contributed by atoms with van der Waals surface area (Å²) >= 11 is 0. The topological polar surface area (TPSA) is 101 Å². The molecule has 0 radical (unpaired) electrons. The van der Waals surface area contributed by atoms with Gasteiger partial charge in [-0.05, 0) is 48.6 Å². The van der Waals surface area contributed by atoms with Crippen molar-refractivity contribution in [2.45, 2.75) is 25.8 Å². The fraction of sp³-hybridized carbons (Fsp3) is 0.211. The average molecular weight is 347 g/mol. The molecule has 0 bridgehead atoms. The molecule has 0 unspecified atom stereocenters. The number of carboxylic acid groups (broad SMARTS) is 1. The van der Waals surface area contributed by atoms with Gasteiger partial charge in [0.1, 0.15) is 0 Å². The van der Waals surface area contributed by atoms with Crippen LogP contribution in [-0.2, 0) is 19.4 Å². The van der Waals surface area contributed by atoms with E-state index in [1.54, 1.807) is 12.3 Å². The third-order valence-electron chi connectivity index (χ3n) is 4.35. The molecule has 3 aromatic rings. The van der Waals surface area contributed by atoms with Gasteiger partial charge in [-0.15, -0.1) is 0 Å². The van der Waals surface area contributed by atoms with Crippen molar-refractivity contribution < 1.29 is 9.90 Å². The van der Waals surface area contributed by atoms with Crippen LogP contribution in [0.3, 0.4) is 0 Å². The van der Waals surface area contributed by atoms with Crippen LogP contribution in [-0.4, -0.2) is 31.0 Å². The zero-order valence-corrected chi connectivity index (χ0v) is 14.0. The van der Waals surface area contributed by atoms with Crippen LogP contribution < -0.4 is 5.32 Å². The molecule has 0 aromatic carbocycles. The molecule has 2 N–H and O–H groups in total. The van der Waals surface area contributed by atoms with Gasteiger partial charge in [-0.1, -0.05) is 6.07 Å². The minimum absolute atomic E-state index is 0.173. The first-order chi connectivity index (χ1) is 12.7. The standard InChI is InChI=1S/C19H17N5O2/c25-18(26)14-4-6-20-17(9-14)16-5-7-21-19(24-16)23-11-12-8-13-2-1-3-15(13)22-10-12/h4-10H,1-3,11H2,(H,25,26)(H,21,23,24). The van der Waals surface area contributed by atoms with E-state index in [2.05, 4.69) is 31.3 Å². The maximum absolute atomic E-state index is 11.1. The molecular formula is C19H17N5O2. The highest BCUT2D eigenvalue weighted by Crippen LogP contribution is 2.21. The Kier molecular flexibility index (Phi) is 4.27. The van der Waals surface area contributed by atoms with Gasteiger partial charge in [0.05, 0.1) is 17.0 Å². The normalized spacial score (nSPS) is 12.6. The summed E-state index contributed by atoms with van der Waals surface area (Å²) < 4.78 is 0. The number of hydrogen-bond acceptors (Lipinski definition) is 6. The van der Waals surface area contributed by atoms with E-state index in [0.717, 1.165) is 18.4 Å². The lowest BCUT2D eigenvalue weighted by atomic mass is 10.1. The highest BCUT2D eigenvalue weighted by atomic mass is 16.4. The predicted octanol–water partition coefficient (Wildman–Crippen LogP) is 2.73. The monoisotopic (exact) mass is 347 g/mol. The molecule has 7 nitrogen and oxygen atoms in total. The Balaban J connectivity index is 1.51. The summed E-state index contributed by atoms with van der Waals surface area (Å²) in [5.74, 6) is -0.532. The molecule has 0 aliphatic heterocycles. The number of nitrogens with zero attached hydrogens (tertiary/aromatic N) is 4. The Morgan fingerprint density at radius 2 is 1.96 bits per heavy atom. The second-order valence-electron chi connectivity index (χ2n) is 6.16. The summed E-state index contributed by atoms with van der Waals surface area (Å²) in [5, 5.41) is 12.3. The molecule has 4 rings (SSSR count). The Morgan fingerprint density at radius 1 is 1.08 bits per heavy atom. The summed E-state index contributed by atoms with van der Waals surface area (Å²) in [6.45, 7) is 0.576. The SMILES string of the molecule is O=C(O)c1ccnc(-c2ccnc(NCc3cnc4c(c3)CCC4)n2)c1. The summed E-state index contributed by atoms with van der Waals surface area (Å²) in [7, 11) is 0. The van der Waals surface area contributed by atoms with E-state index in [1.807, 2.05) is 6.20 Å². The van der Waals surface area contributed by atoms with Crippen molar-refractivity contribution in [2.75, 3.05) is 5.32 Å². The van der Waals surface area contributed by atoms with E-state index in [9.17, 15) is 4.79 Å². The first kappa shape index (κ1) is 16.1.